The van der Waals surface area contributed by atoms with Crippen LogP contribution < -0.4 is 15.0 Å². The van der Waals surface area contributed by atoms with Gasteiger partial charge in [-0.1, -0.05) is 53.9 Å². The summed E-state index contributed by atoms with van der Waals surface area (Å²) < 4.78 is 5.66. The third-order valence-electron chi connectivity index (χ3n) is 3.98. The highest BCUT2D eigenvalue weighted by atomic mass is 35.5. The van der Waals surface area contributed by atoms with Crippen LogP contribution in [0.3, 0.4) is 0 Å². The van der Waals surface area contributed by atoms with Gasteiger partial charge in [0.2, 0.25) is 0 Å². The summed E-state index contributed by atoms with van der Waals surface area (Å²) in [6.07, 6.45) is 2.01. The van der Waals surface area contributed by atoms with Gasteiger partial charge in [0.1, 0.15) is 11.3 Å². The van der Waals surface area contributed by atoms with Crippen LogP contribution >= 0.6 is 34.8 Å². The van der Waals surface area contributed by atoms with Crippen molar-refractivity contribution in [2.24, 2.45) is 0 Å². The fourth-order valence-electron chi connectivity index (χ4n) is 2.71. The van der Waals surface area contributed by atoms with E-state index in [-0.39, 0.29) is 27.1 Å². The van der Waals surface area contributed by atoms with Gasteiger partial charge in [-0.15, -0.1) is 0 Å². The summed E-state index contributed by atoms with van der Waals surface area (Å²) in [5, 5.41) is 2.86. The van der Waals surface area contributed by atoms with Gasteiger partial charge in [-0.2, -0.15) is 0 Å². The van der Waals surface area contributed by atoms with Crippen LogP contribution in [-0.4, -0.2) is 24.5 Å². The second-order valence-corrected chi connectivity index (χ2v) is 7.31. The van der Waals surface area contributed by atoms with E-state index in [0.29, 0.717) is 17.2 Å². The predicted molar refractivity (Wildman–Crippen MR) is 113 cm³/mol. The molecule has 0 radical (unpaired) electrons. The van der Waals surface area contributed by atoms with Crippen LogP contribution in [0.15, 0.2) is 42.0 Å². The second kappa shape index (κ2) is 8.86. The fourth-order valence-corrected chi connectivity index (χ4v) is 3.49. The molecule has 2 aromatic carbocycles. The Kier molecular flexibility index (Phi) is 6.47. The highest BCUT2D eigenvalue weighted by molar-refractivity contribution is 6.42. The average Bonchev–Trinajstić information content (AvgIpc) is 2.65. The summed E-state index contributed by atoms with van der Waals surface area (Å²) in [6.45, 7) is 2.30. The predicted octanol–water partition coefficient (Wildman–Crippen LogP) is 5.10. The molecule has 1 fully saturated rings. The molecule has 1 N–H and O–H groups in total. The van der Waals surface area contributed by atoms with E-state index < -0.39 is 17.8 Å². The van der Waals surface area contributed by atoms with Crippen LogP contribution in [0.25, 0.3) is 6.08 Å². The Bertz CT molecular complexity index is 1040. The summed E-state index contributed by atoms with van der Waals surface area (Å²) in [7, 11) is 0. The fraction of sp³-hybridized carbons (Fsp3) is 0.150. The number of imide groups is 2. The average molecular weight is 454 g/mol. The quantitative estimate of drug-likeness (QED) is 0.505. The molecule has 1 heterocycles. The van der Waals surface area contributed by atoms with Gasteiger partial charge >= 0.3 is 6.03 Å². The molecule has 0 spiro atoms. The standard InChI is InChI=1S/C20H15Cl3N2O4/c1-2-7-29-17-11(8-12(21)10-15(17)23)9-13-18(26)24-20(28)25(19(13)27)16-6-4-3-5-14(16)22/h3-6,8-10H,2,7H2,1H3,(H,24,26,28)/b13-9+. The normalized spacial score (nSPS) is 15.7. The Morgan fingerprint density at radius 2 is 1.79 bits per heavy atom. The number of nitrogens with one attached hydrogen (secondary N) is 1. The Hall–Kier alpha value is -2.54. The highest BCUT2D eigenvalue weighted by Crippen LogP contribution is 2.35. The molecule has 0 saturated carbocycles. The summed E-state index contributed by atoms with van der Waals surface area (Å²) in [5.74, 6) is -1.39. The molecule has 1 saturated heterocycles. The van der Waals surface area contributed by atoms with Gasteiger partial charge in [-0.05, 0) is 36.8 Å². The first-order valence-corrected chi connectivity index (χ1v) is 9.74. The van der Waals surface area contributed by atoms with Crippen molar-refractivity contribution >= 4 is 64.4 Å². The summed E-state index contributed by atoms with van der Waals surface area (Å²) >= 11 is 18.4. The van der Waals surface area contributed by atoms with Crippen molar-refractivity contribution < 1.29 is 19.1 Å². The molecule has 4 amide bonds. The van der Waals surface area contributed by atoms with Gasteiger partial charge in [0.25, 0.3) is 11.8 Å². The number of halogens is 3. The molecule has 0 bridgehead atoms. The van der Waals surface area contributed by atoms with Gasteiger partial charge < -0.3 is 4.74 Å². The van der Waals surface area contributed by atoms with Gasteiger partial charge in [-0.25, -0.2) is 9.69 Å². The van der Waals surface area contributed by atoms with Crippen LogP contribution in [0.2, 0.25) is 15.1 Å². The Morgan fingerprint density at radius 3 is 2.48 bits per heavy atom. The highest BCUT2D eigenvalue weighted by Gasteiger charge is 2.37. The van der Waals surface area contributed by atoms with Gasteiger partial charge in [0.05, 0.1) is 22.3 Å². The smallest absolute Gasteiger partial charge is 0.335 e. The van der Waals surface area contributed by atoms with E-state index in [4.69, 9.17) is 39.5 Å². The first-order valence-electron chi connectivity index (χ1n) is 8.61. The third-order valence-corrected chi connectivity index (χ3v) is 4.80. The molecule has 0 unspecified atom stereocenters. The maximum atomic E-state index is 13.0. The molecule has 6 nitrogen and oxygen atoms in total. The molecule has 150 valence electrons. The summed E-state index contributed by atoms with van der Waals surface area (Å²) in [4.78, 5) is 38.5. The first-order chi connectivity index (χ1) is 13.8. The minimum atomic E-state index is -0.892. The summed E-state index contributed by atoms with van der Waals surface area (Å²) in [6, 6.07) is 8.43. The maximum absolute atomic E-state index is 13.0. The van der Waals surface area contributed by atoms with Crippen LogP contribution in [0.1, 0.15) is 18.9 Å². The number of rotatable bonds is 5. The topological polar surface area (TPSA) is 75.7 Å². The van der Waals surface area contributed by atoms with Crippen molar-refractivity contribution in [1.29, 1.82) is 0 Å². The van der Waals surface area contributed by atoms with E-state index in [1.54, 1.807) is 12.1 Å². The van der Waals surface area contributed by atoms with E-state index in [9.17, 15) is 14.4 Å². The Morgan fingerprint density at radius 1 is 1.07 bits per heavy atom. The van der Waals surface area contributed by atoms with Gasteiger partial charge in [-0.3, -0.25) is 14.9 Å². The number of hydrogen-bond donors (Lipinski definition) is 1. The molecule has 1 aliphatic heterocycles. The van der Waals surface area contributed by atoms with Crippen LogP contribution in [-0.2, 0) is 9.59 Å². The molecule has 3 rings (SSSR count). The molecular formula is C20H15Cl3N2O4. The van der Waals surface area contributed by atoms with Gasteiger partial charge in [0.15, 0.2) is 0 Å². The minimum absolute atomic E-state index is 0.154. The van der Waals surface area contributed by atoms with E-state index in [1.807, 2.05) is 6.92 Å². The van der Waals surface area contributed by atoms with Crippen LogP contribution in [0.5, 0.6) is 5.75 Å². The number of barbiturate groups is 1. The molecule has 2 aromatic rings. The zero-order valence-corrected chi connectivity index (χ0v) is 17.4. The molecule has 1 aliphatic rings. The molecule has 0 aromatic heterocycles. The molecule has 9 heteroatoms. The van der Waals surface area contributed by atoms with E-state index in [0.717, 1.165) is 11.3 Å². The second-order valence-electron chi connectivity index (χ2n) is 6.06. The zero-order chi connectivity index (χ0) is 21.1. The number of para-hydroxylation sites is 1. The van der Waals surface area contributed by atoms with Crippen molar-refractivity contribution in [3.05, 3.63) is 62.6 Å². The van der Waals surface area contributed by atoms with Crippen molar-refractivity contribution in [3.63, 3.8) is 0 Å². The number of benzene rings is 2. The first kappa shape index (κ1) is 21.2. The van der Waals surface area contributed by atoms with Gasteiger partial charge in [0, 0.05) is 10.6 Å². The molecular weight excluding hydrogens is 439 g/mol. The van der Waals surface area contributed by atoms with E-state index in [1.165, 1.54) is 30.3 Å². The van der Waals surface area contributed by atoms with Crippen molar-refractivity contribution in [3.8, 4) is 5.75 Å². The lowest BCUT2D eigenvalue weighted by molar-refractivity contribution is -0.122. The van der Waals surface area contributed by atoms with Crippen LogP contribution in [0.4, 0.5) is 10.5 Å². The zero-order valence-electron chi connectivity index (χ0n) is 15.2. The molecule has 29 heavy (non-hydrogen) atoms. The van der Waals surface area contributed by atoms with Crippen molar-refractivity contribution in [2.75, 3.05) is 11.5 Å². The lowest BCUT2D eigenvalue weighted by Crippen LogP contribution is -2.54. The van der Waals surface area contributed by atoms with Crippen molar-refractivity contribution in [2.45, 2.75) is 13.3 Å². The maximum Gasteiger partial charge on any atom is 0.335 e. The lowest BCUT2D eigenvalue weighted by atomic mass is 10.1. The number of hydrogen-bond acceptors (Lipinski definition) is 4. The lowest BCUT2D eigenvalue weighted by Gasteiger charge is -2.27. The number of urea groups is 1. The number of ether oxygens (including phenoxy) is 1. The van der Waals surface area contributed by atoms with Crippen molar-refractivity contribution in [1.82, 2.24) is 5.32 Å². The Balaban J connectivity index is 2.09. The third kappa shape index (κ3) is 4.40. The SMILES string of the molecule is CCCOc1c(Cl)cc(Cl)cc1/C=C1\C(=O)NC(=O)N(c2ccccc2Cl)C1=O. The minimum Gasteiger partial charge on any atom is -0.491 e. The van der Waals surface area contributed by atoms with E-state index >= 15 is 0 Å². The number of amides is 4. The number of nitrogens with zero attached hydrogens (tertiary/aromatic N) is 1. The molecule has 0 atom stereocenters. The monoisotopic (exact) mass is 452 g/mol. The summed E-state index contributed by atoms with van der Waals surface area (Å²) in [5.41, 5.74) is 0.203. The molecule has 0 aliphatic carbocycles. The van der Waals surface area contributed by atoms with Crippen LogP contribution in [0, 0.1) is 0 Å². The number of anilines is 1. The number of carbonyl (C=O) groups excluding carboxylic acids is 3. The number of carbonyl (C=O) groups is 3. The largest absolute Gasteiger partial charge is 0.491 e. The van der Waals surface area contributed by atoms with E-state index in [2.05, 4.69) is 5.32 Å². The Labute approximate surface area is 182 Å².